The summed E-state index contributed by atoms with van der Waals surface area (Å²) < 4.78 is 16.9. The lowest BCUT2D eigenvalue weighted by atomic mass is 10.2. The van der Waals surface area contributed by atoms with Crippen molar-refractivity contribution in [1.82, 2.24) is 19.7 Å². The number of halogens is 1. The SMILES string of the molecule is O=c1[nH]c2cc3c(cc2c(=O)n1CCc1nc(-c2ccccc2Cl)no1)OCO3. The third kappa shape index (κ3) is 3.05. The van der Waals surface area contributed by atoms with Crippen LogP contribution in [-0.2, 0) is 13.0 Å². The van der Waals surface area contributed by atoms with Crippen LogP contribution >= 0.6 is 11.6 Å². The van der Waals surface area contributed by atoms with E-state index in [0.29, 0.717) is 38.8 Å². The highest BCUT2D eigenvalue weighted by molar-refractivity contribution is 6.33. The maximum atomic E-state index is 12.8. The molecule has 0 saturated carbocycles. The first-order valence-electron chi connectivity index (χ1n) is 8.74. The molecular weight excluding hydrogens is 400 g/mol. The number of fused-ring (bicyclic) bond motifs is 2. The largest absolute Gasteiger partial charge is 0.454 e. The standard InChI is InChI=1S/C19H13ClN4O5/c20-12-4-2-1-3-10(12)17-22-16(29-23-17)5-6-24-18(25)11-7-14-15(28-9-27-14)8-13(11)21-19(24)26/h1-4,7-8H,5-6,9H2,(H,21,26). The molecule has 1 aliphatic heterocycles. The fraction of sp³-hybridized carbons (Fsp3) is 0.158. The molecule has 1 N–H and O–H groups in total. The van der Waals surface area contributed by atoms with Crippen molar-refractivity contribution in [3.63, 3.8) is 0 Å². The van der Waals surface area contributed by atoms with Crippen LogP contribution in [0, 0.1) is 0 Å². The molecule has 4 aromatic rings. The predicted octanol–water partition coefficient (Wildman–Crippen LogP) is 2.36. The summed E-state index contributed by atoms with van der Waals surface area (Å²) in [4.78, 5) is 32.2. The van der Waals surface area contributed by atoms with Crippen molar-refractivity contribution in [1.29, 1.82) is 0 Å². The van der Waals surface area contributed by atoms with Gasteiger partial charge in [0, 0.05) is 24.6 Å². The first kappa shape index (κ1) is 17.5. The molecule has 146 valence electrons. The molecule has 1 aliphatic rings. The number of H-pyrrole nitrogens is 1. The van der Waals surface area contributed by atoms with E-state index in [2.05, 4.69) is 15.1 Å². The Bertz CT molecular complexity index is 1360. The number of aryl methyl sites for hydroxylation is 1. The summed E-state index contributed by atoms with van der Waals surface area (Å²) >= 11 is 6.15. The first-order chi connectivity index (χ1) is 14.1. The normalized spacial score (nSPS) is 12.6. The van der Waals surface area contributed by atoms with Gasteiger partial charge in [-0.05, 0) is 18.2 Å². The molecule has 0 amide bonds. The maximum Gasteiger partial charge on any atom is 0.328 e. The van der Waals surface area contributed by atoms with Crippen molar-refractivity contribution in [2.75, 3.05) is 6.79 Å². The van der Waals surface area contributed by atoms with Crippen LogP contribution in [0.2, 0.25) is 5.02 Å². The molecule has 10 heteroatoms. The topological polar surface area (TPSA) is 112 Å². The fourth-order valence-corrected chi connectivity index (χ4v) is 3.38. The number of nitrogens with zero attached hydrogens (tertiary/aromatic N) is 3. The molecule has 0 spiro atoms. The molecule has 0 unspecified atom stereocenters. The molecular formula is C19H13ClN4O5. The Kier molecular flexibility index (Phi) is 4.09. The van der Waals surface area contributed by atoms with E-state index >= 15 is 0 Å². The van der Waals surface area contributed by atoms with Crippen LogP contribution in [-0.4, -0.2) is 26.5 Å². The zero-order valence-corrected chi connectivity index (χ0v) is 15.6. The van der Waals surface area contributed by atoms with Crippen LogP contribution in [0.4, 0.5) is 0 Å². The molecule has 0 bridgehead atoms. The fourth-order valence-electron chi connectivity index (χ4n) is 3.16. The minimum atomic E-state index is -0.535. The Hall–Kier alpha value is -3.59. The van der Waals surface area contributed by atoms with Gasteiger partial charge in [0.2, 0.25) is 18.5 Å². The lowest BCUT2D eigenvalue weighted by Crippen LogP contribution is -2.35. The highest BCUT2D eigenvalue weighted by Gasteiger charge is 2.18. The van der Waals surface area contributed by atoms with Gasteiger partial charge in [-0.25, -0.2) is 4.79 Å². The minimum Gasteiger partial charge on any atom is -0.454 e. The number of hydrogen-bond acceptors (Lipinski definition) is 7. The molecule has 3 heterocycles. The Morgan fingerprint density at radius 2 is 1.93 bits per heavy atom. The van der Waals surface area contributed by atoms with E-state index in [9.17, 15) is 9.59 Å². The number of nitrogens with one attached hydrogen (secondary N) is 1. The molecule has 0 radical (unpaired) electrons. The Morgan fingerprint density at radius 1 is 1.14 bits per heavy atom. The van der Waals surface area contributed by atoms with Gasteiger partial charge in [-0.1, -0.05) is 28.9 Å². The molecule has 0 saturated heterocycles. The van der Waals surface area contributed by atoms with Gasteiger partial charge in [0.05, 0.1) is 15.9 Å². The quantitative estimate of drug-likeness (QED) is 0.547. The number of ether oxygens (including phenoxy) is 2. The summed E-state index contributed by atoms with van der Waals surface area (Å²) in [6.07, 6.45) is 0.205. The van der Waals surface area contributed by atoms with E-state index in [1.807, 2.05) is 6.07 Å². The Labute approximate surface area is 167 Å². The molecule has 5 rings (SSSR count). The van der Waals surface area contributed by atoms with E-state index in [1.54, 1.807) is 30.3 Å². The van der Waals surface area contributed by atoms with Gasteiger partial charge in [-0.15, -0.1) is 0 Å². The van der Waals surface area contributed by atoms with Gasteiger partial charge >= 0.3 is 5.69 Å². The second-order valence-corrected chi connectivity index (χ2v) is 6.79. The van der Waals surface area contributed by atoms with Gasteiger partial charge in [-0.2, -0.15) is 4.98 Å². The van der Waals surface area contributed by atoms with Crippen LogP contribution in [0.15, 0.2) is 50.5 Å². The van der Waals surface area contributed by atoms with Crippen molar-refractivity contribution >= 4 is 22.5 Å². The molecule has 2 aromatic carbocycles. The van der Waals surface area contributed by atoms with Gasteiger partial charge in [0.1, 0.15) is 0 Å². The van der Waals surface area contributed by atoms with Crippen molar-refractivity contribution in [3.8, 4) is 22.9 Å². The van der Waals surface area contributed by atoms with E-state index in [-0.39, 0.29) is 25.6 Å². The summed E-state index contributed by atoms with van der Waals surface area (Å²) in [5, 5.41) is 4.75. The third-order valence-electron chi connectivity index (χ3n) is 4.61. The van der Waals surface area contributed by atoms with E-state index in [0.717, 1.165) is 4.57 Å². The lowest BCUT2D eigenvalue weighted by molar-refractivity contribution is 0.174. The lowest BCUT2D eigenvalue weighted by Gasteiger charge is -2.06. The second-order valence-electron chi connectivity index (χ2n) is 6.38. The summed E-state index contributed by atoms with van der Waals surface area (Å²) in [7, 11) is 0. The van der Waals surface area contributed by atoms with Crippen molar-refractivity contribution < 1.29 is 14.0 Å². The van der Waals surface area contributed by atoms with Crippen molar-refractivity contribution in [2.24, 2.45) is 0 Å². The van der Waals surface area contributed by atoms with Gasteiger partial charge in [0.25, 0.3) is 5.56 Å². The first-order valence-corrected chi connectivity index (χ1v) is 9.12. The number of rotatable bonds is 4. The van der Waals surface area contributed by atoms with E-state index in [4.69, 9.17) is 25.6 Å². The smallest absolute Gasteiger partial charge is 0.328 e. The Balaban J connectivity index is 1.44. The predicted molar refractivity (Wildman–Crippen MR) is 103 cm³/mol. The monoisotopic (exact) mass is 412 g/mol. The summed E-state index contributed by atoms with van der Waals surface area (Å²) in [5.74, 6) is 1.59. The maximum absolute atomic E-state index is 12.8. The van der Waals surface area contributed by atoms with E-state index < -0.39 is 11.2 Å². The third-order valence-corrected chi connectivity index (χ3v) is 4.94. The summed E-state index contributed by atoms with van der Waals surface area (Å²) in [6.45, 7) is 0.151. The highest BCUT2D eigenvalue weighted by atomic mass is 35.5. The molecule has 29 heavy (non-hydrogen) atoms. The van der Waals surface area contributed by atoms with Gasteiger partial charge < -0.3 is 19.0 Å². The number of benzene rings is 2. The van der Waals surface area contributed by atoms with Crippen LogP contribution in [0.25, 0.3) is 22.3 Å². The Morgan fingerprint density at radius 3 is 2.76 bits per heavy atom. The highest BCUT2D eigenvalue weighted by Crippen LogP contribution is 2.34. The number of aromatic nitrogens is 4. The van der Waals surface area contributed by atoms with Gasteiger partial charge in [-0.3, -0.25) is 9.36 Å². The molecule has 0 aliphatic carbocycles. The minimum absolute atomic E-state index is 0.0721. The molecule has 9 nitrogen and oxygen atoms in total. The van der Waals surface area contributed by atoms with Crippen molar-refractivity contribution in [2.45, 2.75) is 13.0 Å². The number of aromatic amines is 1. The zero-order chi connectivity index (χ0) is 20.0. The molecule has 0 atom stereocenters. The molecule has 0 fully saturated rings. The zero-order valence-electron chi connectivity index (χ0n) is 14.8. The summed E-state index contributed by atoms with van der Waals surface area (Å²) in [6, 6.07) is 10.3. The van der Waals surface area contributed by atoms with Crippen molar-refractivity contribution in [3.05, 3.63) is 68.1 Å². The average molecular weight is 413 g/mol. The van der Waals surface area contributed by atoms with Gasteiger partial charge in [0.15, 0.2) is 11.5 Å². The molecule has 2 aromatic heterocycles. The van der Waals surface area contributed by atoms with Crippen LogP contribution < -0.4 is 20.7 Å². The number of hydrogen-bond donors (Lipinski definition) is 1. The van der Waals surface area contributed by atoms with Crippen LogP contribution in [0.3, 0.4) is 0 Å². The summed E-state index contributed by atoms with van der Waals surface area (Å²) in [5.41, 5.74) is 0.0559. The van der Waals surface area contributed by atoms with Crippen LogP contribution in [0.1, 0.15) is 5.89 Å². The second kappa shape index (κ2) is 6.78. The van der Waals surface area contributed by atoms with Crippen LogP contribution in [0.5, 0.6) is 11.5 Å². The van der Waals surface area contributed by atoms with E-state index in [1.165, 1.54) is 0 Å². The average Bonchev–Trinajstić information content (AvgIpc) is 3.36.